The number of hydrogen-bond acceptors (Lipinski definition) is 4. The SMILES string of the molecule is Cc1ccc(Cn2nc(C)c(C(=O)N3CCCN(Cc4ccc(C#N)cc4)CC3)c2Cl)cc1. The van der Waals surface area contributed by atoms with Crippen molar-refractivity contribution in [3.63, 3.8) is 0 Å². The highest BCUT2D eigenvalue weighted by molar-refractivity contribution is 6.33. The van der Waals surface area contributed by atoms with Gasteiger partial charge in [0.2, 0.25) is 0 Å². The topological polar surface area (TPSA) is 65.2 Å². The molecule has 0 spiro atoms. The first-order chi connectivity index (χ1) is 15.9. The van der Waals surface area contributed by atoms with Gasteiger partial charge < -0.3 is 4.90 Å². The van der Waals surface area contributed by atoms with E-state index in [1.54, 1.807) is 4.68 Å². The highest BCUT2D eigenvalue weighted by Crippen LogP contribution is 2.24. The molecular weight excluding hydrogens is 434 g/mol. The van der Waals surface area contributed by atoms with Gasteiger partial charge in [0, 0.05) is 32.7 Å². The average Bonchev–Trinajstić information content (AvgIpc) is 2.96. The lowest BCUT2D eigenvalue weighted by Gasteiger charge is -2.22. The molecule has 2 heterocycles. The predicted octanol–water partition coefficient (Wildman–Crippen LogP) is 4.42. The number of benzene rings is 2. The van der Waals surface area contributed by atoms with Crippen molar-refractivity contribution in [2.75, 3.05) is 26.2 Å². The normalized spacial score (nSPS) is 14.7. The zero-order valence-corrected chi connectivity index (χ0v) is 19.8. The number of halogens is 1. The third-order valence-electron chi connectivity index (χ3n) is 6.10. The molecule has 1 amide bonds. The van der Waals surface area contributed by atoms with Crippen LogP contribution in [0.3, 0.4) is 0 Å². The van der Waals surface area contributed by atoms with Crippen LogP contribution in [0.25, 0.3) is 0 Å². The van der Waals surface area contributed by atoms with Gasteiger partial charge in [0.15, 0.2) is 0 Å². The van der Waals surface area contributed by atoms with Crippen molar-refractivity contribution in [3.8, 4) is 6.07 Å². The number of hydrogen-bond donors (Lipinski definition) is 0. The van der Waals surface area contributed by atoms with Crippen molar-refractivity contribution in [2.24, 2.45) is 0 Å². The summed E-state index contributed by atoms with van der Waals surface area (Å²) in [5.74, 6) is -0.0483. The van der Waals surface area contributed by atoms with Crippen molar-refractivity contribution >= 4 is 17.5 Å². The first-order valence-corrected chi connectivity index (χ1v) is 11.6. The van der Waals surface area contributed by atoms with Gasteiger partial charge in [0.05, 0.1) is 29.4 Å². The molecule has 4 rings (SSSR count). The van der Waals surface area contributed by atoms with Crippen molar-refractivity contribution in [1.82, 2.24) is 19.6 Å². The Bertz CT molecular complexity index is 1160. The molecule has 0 radical (unpaired) electrons. The predicted molar refractivity (Wildman–Crippen MR) is 129 cm³/mol. The number of amides is 1. The van der Waals surface area contributed by atoms with Gasteiger partial charge in [0.25, 0.3) is 5.91 Å². The number of aromatic nitrogens is 2. The molecule has 0 unspecified atom stereocenters. The smallest absolute Gasteiger partial charge is 0.258 e. The summed E-state index contributed by atoms with van der Waals surface area (Å²) in [5, 5.41) is 13.9. The molecule has 0 aliphatic carbocycles. The molecule has 1 aliphatic heterocycles. The Morgan fingerprint density at radius 2 is 1.64 bits per heavy atom. The lowest BCUT2D eigenvalue weighted by molar-refractivity contribution is 0.0760. The maximum absolute atomic E-state index is 13.4. The van der Waals surface area contributed by atoms with E-state index >= 15 is 0 Å². The fraction of sp³-hybridized carbons (Fsp3) is 0.346. The van der Waals surface area contributed by atoms with E-state index in [0.29, 0.717) is 41.6 Å². The van der Waals surface area contributed by atoms with Crippen LogP contribution >= 0.6 is 11.6 Å². The van der Waals surface area contributed by atoms with Gasteiger partial charge >= 0.3 is 0 Å². The molecule has 6 nitrogen and oxygen atoms in total. The highest BCUT2D eigenvalue weighted by Gasteiger charge is 2.27. The van der Waals surface area contributed by atoms with Crippen LogP contribution in [0.4, 0.5) is 0 Å². The van der Waals surface area contributed by atoms with E-state index in [1.807, 2.05) is 36.1 Å². The molecule has 7 heteroatoms. The van der Waals surface area contributed by atoms with Gasteiger partial charge in [-0.25, -0.2) is 4.68 Å². The Hall–Kier alpha value is -3.14. The largest absolute Gasteiger partial charge is 0.337 e. The van der Waals surface area contributed by atoms with Crippen molar-refractivity contribution < 1.29 is 4.79 Å². The highest BCUT2D eigenvalue weighted by atomic mass is 35.5. The molecule has 0 saturated carbocycles. The van der Waals surface area contributed by atoms with E-state index in [0.717, 1.165) is 31.6 Å². The molecule has 0 N–H and O–H groups in total. The number of aryl methyl sites for hydroxylation is 2. The van der Waals surface area contributed by atoms with Crippen molar-refractivity contribution in [2.45, 2.75) is 33.4 Å². The summed E-state index contributed by atoms with van der Waals surface area (Å²) in [6.45, 7) is 8.30. The zero-order chi connectivity index (χ0) is 23.4. The number of carbonyl (C=O) groups excluding carboxylic acids is 1. The van der Waals surface area contributed by atoms with Gasteiger partial charge in [-0.15, -0.1) is 0 Å². The summed E-state index contributed by atoms with van der Waals surface area (Å²) in [4.78, 5) is 17.6. The maximum atomic E-state index is 13.4. The molecule has 1 aromatic heterocycles. The second kappa shape index (κ2) is 10.2. The second-order valence-corrected chi connectivity index (χ2v) is 8.98. The van der Waals surface area contributed by atoms with Gasteiger partial charge in [-0.05, 0) is 43.5 Å². The molecule has 33 heavy (non-hydrogen) atoms. The molecule has 0 atom stereocenters. The van der Waals surface area contributed by atoms with Crippen LogP contribution in [-0.4, -0.2) is 51.7 Å². The second-order valence-electron chi connectivity index (χ2n) is 8.63. The Morgan fingerprint density at radius 1 is 0.970 bits per heavy atom. The fourth-order valence-electron chi connectivity index (χ4n) is 4.20. The van der Waals surface area contributed by atoms with Crippen LogP contribution in [0.5, 0.6) is 0 Å². The maximum Gasteiger partial charge on any atom is 0.258 e. The van der Waals surface area contributed by atoms with Crippen LogP contribution < -0.4 is 0 Å². The van der Waals surface area contributed by atoms with Gasteiger partial charge in [-0.2, -0.15) is 10.4 Å². The summed E-state index contributed by atoms with van der Waals surface area (Å²) < 4.78 is 1.71. The Labute approximate surface area is 200 Å². The van der Waals surface area contributed by atoms with Gasteiger partial charge in [-0.3, -0.25) is 9.69 Å². The van der Waals surface area contributed by atoms with E-state index in [1.165, 1.54) is 11.1 Å². The van der Waals surface area contributed by atoms with E-state index in [2.05, 4.69) is 47.3 Å². The monoisotopic (exact) mass is 461 g/mol. The third kappa shape index (κ3) is 5.44. The zero-order valence-electron chi connectivity index (χ0n) is 19.1. The van der Waals surface area contributed by atoms with Gasteiger partial charge in [-0.1, -0.05) is 53.6 Å². The Kier molecular flexibility index (Phi) is 7.12. The van der Waals surface area contributed by atoms with E-state index in [-0.39, 0.29) is 5.91 Å². The number of nitriles is 1. The minimum absolute atomic E-state index is 0.0483. The summed E-state index contributed by atoms with van der Waals surface area (Å²) in [5.41, 5.74) is 5.30. The standard InChI is InChI=1S/C26H28ClN5O/c1-19-4-6-23(7-5-19)18-32-25(27)24(20(2)29-32)26(33)31-13-3-12-30(14-15-31)17-22-10-8-21(16-28)9-11-22/h4-11H,3,12-15,17-18H2,1-2H3. The van der Waals surface area contributed by atoms with Crippen molar-refractivity contribution in [1.29, 1.82) is 5.26 Å². The first kappa shape index (κ1) is 23.0. The number of nitrogens with zero attached hydrogens (tertiary/aromatic N) is 5. The summed E-state index contributed by atoms with van der Waals surface area (Å²) in [6.07, 6.45) is 0.899. The Balaban J connectivity index is 1.42. The van der Waals surface area contributed by atoms with Crippen LogP contribution in [0.1, 0.15) is 44.7 Å². The molecule has 3 aromatic rings. The summed E-state index contributed by atoms with van der Waals surface area (Å²) in [6, 6.07) is 18.1. The molecular formula is C26H28ClN5O. The number of carbonyl (C=O) groups is 1. The molecule has 1 saturated heterocycles. The van der Waals surface area contributed by atoms with E-state index in [9.17, 15) is 4.79 Å². The molecule has 1 fully saturated rings. The van der Waals surface area contributed by atoms with Crippen LogP contribution in [0.2, 0.25) is 5.15 Å². The molecule has 0 bridgehead atoms. The van der Waals surface area contributed by atoms with E-state index in [4.69, 9.17) is 16.9 Å². The van der Waals surface area contributed by atoms with Crippen LogP contribution in [0, 0.1) is 25.2 Å². The first-order valence-electron chi connectivity index (χ1n) is 11.2. The lowest BCUT2D eigenvalue weighted by atomic mass is 10.1. The summed E-state index contributed by atoms with van der Waals surface area (Å²) in [7, 11) is 0. The lowest BCUT2D eigenvalue weighted by Crippen LogP contribution is -2.35. The molecule has 2 aromatic carbocycles. The Morgan fingerprint density at radius 3 is 2.33 bits per heavy atom. The fourth-order valence-corrected chi connectivity index (χ4v) is 4.52. The summed E-state index contributed by atoms with van der Waals surface area (Å²) >= 11 is 6.65. The van der Waals surface area contributed by atoms with Crippen LogP contribution in [0.15, 0.2) is 48.5 Å². The average molecular weight is 462 g/mol. The number of rotatable bonds is 5. The van der Waals surface area contributed by atoms with Gasteiger partial charge in [0.1, 0.15) is 5.15 Å². The van der Waals surface area contributed by atoms with E-state index < -0.39 is 0 Å². The molecule has 170 valence electrons. The quantitative estimate of drug-likeness (QED) is 0.564. The minimum atomic E-state index is -0.0483. The third-order valence-corrected chi connectivity index (χ3v) is 6.48. The van der Waals surface area contributed by atoms with Crippen LogP contribution in [-0.2, 0) is 13.1 Å². The minimum Gasteiger partial charge on any atom is -0.337 e. The molecule has 1 aliphatic rings. The van der Waals surface area contributed by atoms with Crippen molar-refractivity contribution in [3.05, 3.63) is 87.2 Å².